The number of ether oxygens (including phenoxy) is 8. The summed E-state index contributed by atoms with van der Waals surface area (Å²) in [6.07, 6.45) is -8.82. The summed E-state index contributed by atoms with van der Waals surface area (Å²) in [5, 5.41) is 84.6. The Morgan fingerprint density at radius 2 is 1.29 bits per heavy atom. The van der Waals surface area contributed by atoms with Gasteiger partial charge in [0.25, 0.3) is 0 Å². The van der Waals surface area contributed by atoms with Gasteiger partial charge >= 0.3 is 0 Å². The molecular formula is C43H70O16. The molecule has 59 heavy (non-hydrogen) atoms. The van der Waals surface area contributed by atoms with E-state index in [0.29, 0.717) is 41.4 Å². The maximum atomic E-state index is 11.9. The highest BCUT2D eigenvalue weighted by atomic mass is 16.8. The Balaban J connectivity index is 0.877. The minimum absolute atomic E-state index is 0.140. The van der Waals surface area contributed by atoms with Crippen LogP contribution in [0.15, 0.2) is 0 Å². The zero-order valence-corrected chi connectivity index (χ0v) is 34.9. The van der Waals surface area contributed by atoms with Gasteiger partial charge in [-0.25, -0.2) is 0 Å². The molecule has 8 N–H and O–H groups in total. The van der Waals surface area contributed by atoms with E-state index in [2.05, 4.69) is 27.7 Å². The topological polar surface area (TPSA) is 236 Å². The summed E-state index contributed by atoms with van der Waals surface area (Å²) in [6, 6.07) is 0. The van der Waals surface area contributed by atoms with Crippen molar-refractivity contribution in [3.05, 3.63) is 0 Å². The summed E-state index contributed by atoms with van der Waals surface area (Å²) in [7, 11) is 0. The van der Waals surface area contributed by atoms with Crippen LogP contribution in [-0.2, 0) is 37.9 Å². The summed E-state index contributed by atoms with van der Waals surface area (Å²) < 4.78 is 49.4. The molecule has 9 fully saturated rings. The van der Waals surface area contributed by atoms with Crippen LogP contribution in [0.25, 0.3) is 0 Å². The molecule has 4 aliphatic carbocycles. The first kappa shape index (κ1) is 43.6. The van der Waals surface area contributed by atoms with E-state index in [0.717, 1.165) is 51.6 Å². The molecule has 0 bridgehead atoms. The van der Waals surface area contributed by atoms with Crippen LogP contribution in [0, 0.1) is 52.3 Å². The quantitative estimate of drug-likeness (QED) is 0.164. The van der Waals surface area contributed by atoms with Gasteiger partial charge in [-0.3, -0.25) is 0 Å². The summed E-state index contributed by atoms with van der Waals surface area (Å²) >= 11 is 0. The molecule has 0 amide bonds. The minimum Gasteiger partial charge on any atom is -0.394 e. The number of rotatable bonds is 7. The summed E-state index contributed by atoms with van der Waals surface area (Å²) in [5.74, 6) is 3.35. The summed E-state index contributed by atoms with van der Waals surface area (Å²) in [4.78, 5) is 0. The molecule has 16 nitrogen and oxygen atoms in total. The van der Waals surface area contributed by atoms with Crippen LogP contribution in [0.2, 0.25) is 0 Å². The molecule has 0 radical (unpaired) electrons. The second-order valence-corrected chi connectivity index (χ2v) is 20.6. The van der Waals surface area contributed by atoms with Gasteiger partial charge in [0.1, 0.15) is 61.0 Å². The van der Waals surface area contributed by atoms with Crippen LogP contribution in [0.1, 0.15) is 91.9 Å². The van der Waals surface area contributed by atoms with Crippen molar-refractivity contribution < 1.29 is 78.7 Å². The van der Waals surface area contributed by atoms with E-state index in [1.54, 1.807) is 0 Å². The summed E-state index contributed by atoms with van der Waals surface area (Å²) in [5.41, 5.74) is 0.378. The Hall–Kier alpha value is -0.640. The van der Waals surface area contributed by atoms with E-state index in [1.807, 2.05) is 0 Å². The number of fused-ring (bicyclic) bond motifs is 7. The first-order valence-electron chi connectivity index (χ1n) is 22.6. The van der Waals surface area contributed by atoms with E-state index >= 15 is 0 Å². The standard InChI is InChI=1S/C43H70O16/c1-19-7-12-43(54-16-19)20(2)30-28(59-43)14-25-23-6-5-21-13-22(8-10-41(21,3)24(23)9-11-42(25,30)4)55-40-35(51)37(58-39-34(50)32(48)27(46)18-53-39)36(29(15-44)56-40)57-38-33(49)31(47)26(45)17-52-38/h19-40,44-51H,5-18H2,1-4H3/t19-,20-,21-,22-,23+,24-,25-,26+,27+,28-,29+,30-,31-,32-,33+,34+,35+,36-,37+,38-,39-,40+,41-,42-,43+/m0/s1. The highest BCUT2D eigenvalue weighted by Gasteiger charge is 2.69. The Morgan fingerprint density at radius 1 is 0.627 bits per heavy atom. The second kappa shape index (κ2) is 16.4. The predicted octanol–water partition coefficient (Wildman–Crippen LogP) is 0.545. The maximum Gasteiger partial charge on any atom is 0.186 e. The molecule has 0 aromatic rings. The highest BCUT2D eigenvalue weighted by Crippen LogP contribution is 2.71. The lowest BCUT2D eigenvalue weighted by Gasteiger charge is -2.61. The molecule has 0 aromatic carbocycles. The van der Waals surface area contributed by atoms with Gasteiger partial charge < -0.3 is 78.7 Å². The smallest absolute Gasteiger partial charge is 0.186 e. The zero-order valence-electron chi connectivity index (χ0n) is 34.9. The van der Waals surface area contributed by atoms with E-state index in [-0.39, 0.29) is 36.3 Å². The van der Waals surface area contributed by atoms with Crippen molar-refractivity contribution in [2.75, 3.05) is 26.4 Å². The number of hydrogen-bond acceptors (Lipinski definition) is 16. The van der Waals surface area contributed by atoms with Gasteiger partial charge in [-0.15, -0.1) is 0 Å². The molecule has 0 aromatic heterocycles. The van der Waals surface area contributed by atoms with E-state index < -0.39 is 92.3 Å². The first-order chi connectivity index (χ1) is 28.1. The molecule has 25 atom stereocenters. The molecule has 9 rings (SSSR count). The van der Waals surface area contributed by atoms with Crippen LogP contribution < -0.4 is 0 Å². The third-order valence-electron chi connectivity index (χ3n) is 17.5. The average Bonchev–Trinajstić information content (AvgIpc) is 3.67. The monoisotopic (exact) mass is 842 g/mol. The molecule has 0 unspecified atom stereocenters. The van der Waals surface area contributed by atoms with Crippen LogP contribution in [0.3, 0.4) is 0 Å². The molecule has 5 saturated heterocycles. The van der Waals surface area contributed by atoms with Crippen molar-refractivity contribution in [1.29, 1.82) is 0 Å². The Kier molecular flexibility index (Phi) is 12.1. The van der Waals surface area contributed by atoms with Crippen molar-refractivity contribution >= 4 is 0 Å². The minimum atomic E-state index is -1.70. The van der Waals surface area contributed by atoms with Gasteiger partial charge in [-0.2, -0.15) is 0 Å². The number of aliphatic hydroxyl groups is 8. The highest BCUT2D eigenvalue weighted by molar-refractivity contribution is 5.15. The number of aliphatic hydroxyl groups excluding tert-OH is 8. The fourth-order valence-corrected chi connectivity index (χ4v) is 14.1. The largest absolute Gasteiger partial charge is 0.394 e. The van der Waals surface area contributed by atoms with Gasteiger partial charge in [0.2, 0.25) is 0 Å². The van der Waals surface area contributed by atoms with Crippen molar-refractivity contribution in [2.24, 2.45) is 52.3 Å². The molecule has 4 saturated carbocycles. The fraction of sp³-hybridized carbons (Fsp3) is 1.00. The number of hydrogen-bond donors (Lipinski definition) is 8. The normalized spacial score (nSPS) is 58.8. The second-order valence-electron chi connectivity index (χ2n) is 20.6. The van der Waals surface area contributed by atoms with E-state index in [4.69, 9.17) is 37.9 Å². The lowest BCUT2D eigenvalue weighted by atomic mass is 9.44. The van der Waals surface area contributed by atoms with Crippen LogP contribution >= 0.6 is 0 Å². The zero-order chi connectivity index (χ0) is 41.8. The van der Waals surface area contributed by atoms with Crippen molar-refractivity contribution in [3.63, 3.8) is 0 Å². The maximum absolute atomic E-state index is 11.9. The first-order valence-corrected chi connectivity index (χ1v) is 22.6. The molecule has 338 valence electrons. The van der Waals surface area contributed by atoms with Crippen LogP contribution in [-0.4, -0.2) is 165 Å². The molecular weight excluding hydrogens is 772 g/mol. The lowest BCUT2D eigenvalue weighted by molar-refractivity contribution is -0.380. The Morgan fingerprint density at radius 3 is 1.93 bits per heavy atom. The van der Waals surface area contributed by atoms with Gasteiger partial charge in [0.15, 0.2) is 24.7 Å². The van der Waals surface area contributed by atoms with Crippen molar-refractivity contribution in [2.45, 2.75) is 190 Å². The van der Waals surface area contributed by atoms with Gasteiger partial charge in [0, 0.05) is 12.3 Å². The lowest BCUT2D eigenvalue weighted by Crippen LogP contribution is -2.66. The Bertz CT molecular complexity index is 1470. The SMILES string of the molecule is C[C@H]1CC[C@@]2(OC1)O[C@H]1C[C@H]3[C@@H]4CC[C@H]5C[C@@H](O[C@@H]6O[C@H](CO)[C@H](O[C@@H]7OC[C@@H](O)[C@H](O)[C@H]7O)[C@H](O[C@@H]7OC[C@@H](O)[C@H](O)[C@H]7O)[C@H]6O)CC[C@]5(C)[C@H]4CC[C@]3(C)[C@H]1[C@@H]2C. The van der Waals surface area contributed by atoms with Crippen LogP contribution in [0.5, 0.6) is 0 Å². The summed E-state index contributed by atoms with van der Waals surface area (Å²) in [6.45, 7) is 9.15. The van der Waals surface area contributed by atoms with Gasteiger partial charge in [-0.1, -0.05) is 27.7 Å². The van der Waals surface area contributed by atoms with Crippen molar-refractivity contribution in [1.82, 2.24) is 0 Å². The predicted molar refractivity (Wildman–Crippen MR) is 204 cm³/mol. The average molecular weight is 843 g/mol. The molecule has 5 aliphatic heterocycles. The molecule has 9 aliphatic rings. The fourth-order valence-electron chi connectivity index (χ4n) is 14.1. The molecule has 5 heterocycles. The molecule has 1 spiro atoms. The third-order valence-corrected chi connectivity index (χ3v) is 17.5. The third kappa shape index (κ3) is 7.28. The Labute approximate surface area is 346 Å². The van der Waals surface area contributed by atoms with Crippen LogP contribution in [0.4, 0.5) is 0 Å². The van der Waals surface area contributed by atoms with Crippen molar-refractivity contribution in [3.8, 4) is 0 Å². The molecule has 16 heteroatoms. The van der Waals surface area contributed by atoms with E-state index in [9.17, 15) is 40.9 Å². The van der Waals surface area contributed by atoms with E-state index in [1.165, 1.54) is 19.3 Å². The van der Waals surface area contributed by atoms with Gasteiger partial charge in [-0.05, 0) is 104 Å². The van der Waals surface area contributed by atoms with Gasteiger partial charge in [0.05, 0.1) is 38.6 Å².